The molecule has 7 nitrogen and oxygen atoms in total. The number of anilines is 1. The molecular weight excluding hydrogens is 423 g/mol. The van der Waals surface area contributed by atoms with Crippen LogP contribution in [0, 0.1) is 5.82 Å². The number of nitrogens with one attached hydrogen (secondary N) is 1. The second kappa shape index (κ2) is 9.95. The van der Waals surface area contributed by atoms with Crippen LogP contribution in [0.4, 0.5) is 10.1 Å². The van der Waals surface area contributed by atoms with Gasteiger partial charge in [-0.25, -0.2) is 9.07 Å². The Kier molecular flexibility index (Phi) is 6.64. The van der Waals surface area contributed by atoms with Crippen molar-refractivity contribution in [3.05, 3.63) is 84.2 Å². The minimum atomic E-state index is -0.396. The second-order valence-electron chi connectivity index (χ2n) is 7.22. The van der Waals surface area contributed by atoms with Crippen molar-refractivity contribution in [1.29, 1.82) is 0 Å². The lowest BCUT2D eigenvalue weighted by Gasteiger charge is -2.10. The number of nitrogens with zero attached hydrogens (tertiary/aromatic N) is 3. The fraction of sp³-hybridized carbons (Fsp3) is 0.160. The molecule has 0 atom stereocenters. The Balaban J connectivity index is 1.66. The normalized spacial score (nSPS) is 10.6. The molecule has 0 aliphatic rings. The Labute approximate surface area is 190 Å². The van der Waals surface area contributed by atoms with E-state index in [0.29, 0.717) is 29.4 Å². The number of aromatic nitrogens is 3. The first-order chi connectivity index (χ1) is 16.1. The molecule has 0 spiro atoms. The fourth-order valence-electron chi connectivity index (χ4n) is 3.17. The molecule has 0 aliphatic heterocycles. The van der Waals surface area contributed by atoms with E-state index in [1.165, 1.54) is 24.3 Å². The van der Waals surface area contributed by atoms with Crippen molar-refractivity contribution in [1.82, 2.24) is 14.8 Å². The highest BCUT2D eigenvalue weighted by Crippen LogP contribution is 2.26. The molecule has 1 N–H and O–H groups in total. The van der Waals surface area contributed by atoms with Crippen LogP contribution in [0.5, 0.6) is 11.8 Å². The summed E-state index contributed by atoms with van der Waals surface area (Å²) in [5, 5.41) is 7.36. The van der Waals surface area contributed by atoms with Crippen molar-refractivity contribution in [2.24, 2.45) is 0 Å². The number of amides is 1. The predicted octanol–water partition coefficient (Wildman–Crippen LogP) is 5.12. The third-order valence-electron chi connectivity index (χ3n) is 4.83. The molecule has 1 aromatic heterocycles. The SMILES string of the molecule is CCCOc1nc(-c2ccc(OC)cc2)n(-c2cccc(NC(=O)c3ccc(F)cc3)c2)n1. The van der Waals surface area contributed by atoms with E-state index in [0.717, 1.165) is 17.7 Å². The molecule has 4 rings (SSSR count). The standard InChI is InChI=1S/C25H23FN4O3/c1-3-15-33-25-28-23(17-9-13-22(32-2)14-10-17)30(29-25)21-6-4-5-20(16-21)27-24(31)18-7-11-19(26)12-8-18/h4-14,16H,3,15H2,1-2H3,(H,27,31). The van der Waals surface area contributed by atoms with Gasteiger partial charge in [0.2, 0.25) is 0 Å². The molecule has 168 valence electrons. The Morgan fingerprint density at radius 3 is 2.52 bits per heavy atom. The first kappa shape index (κ1) is 22.0. The molecule has 0 bridgehead atoms. The number of carbonyl (C=O) groups excluding carboxylic acids is 1. The van der Waals surface area contributed by atoms with Crippen molar-refractivity contribution in [3.63, 3.8) is 0 Å². The summed E-state index contributed by atoms with van der Waals surface area (Å²) in [5.41, 5.74) is 2.44. The number of ether oxygens (including phenoxy) is 2. The third-order valence-corrected chi connectivity index (χ3v) is 4.83. The Hall–Kier alpha value is -4.20. The van der Waals surface area contributed by atoms with E-state index in [-0.39, 0.29) is 11.9 Å². The van der Waals surface area contributed by atoms with Crippen molar-refractivity contribution in [3.8, 4) is 28.8 Å². The lowest BCUT2D eigenvalue weighted by Crippen LogP contribution is -2.12. The van der Waals surface area contributed by atoms with E-state index in [4.69, 9.17) is 9.47 Å². The number of hydrogen-bond acceptors (Lipinski definition) is 5. The monoisotopic (exact) mass is 446 g/mol. The van der Waals surface area contributed by atoms with Gasteiger partial charge in [-0.3, -0.25) is 4.79 Å². The summed E-state index contributed by atoms with van der Waals surface area (Å²) in [6.07, 6.45) is 0.831. The number of benzene rings is 3. The largest absolute Gasteiger partial charge is 0.497 e. The maximum absolute atomic E-state index is 13.2. The van der Waals surface area contributed by atoms with Crippen molar-refractivity contribution < 1.29 is 18.7 Å². The molecular formula is C25H23FN4O3. The van der Waals surface area contributed by atoms with Crippen LogP contribution in [0.25, 0.3) is 17.1 Å². The quantitative estimate of drug-likeness (QED) is 0.406. The van der Waals surface area contributed by atoms with Gasteiger partial charge >= 0.3 is 6.01 Å². The maximum atomic E-state index is 13.2. The average molecular weight is 446 g/mol. The molecule has 8 heteroatoms. The zero-order valence-corrected chi connectivity index (χ0v) is 18.3. The van der Waals surface area contributed by atoms with E-state index < -0.39 is 5.82 Å². The van der Waals surface area contributed by atoms with Gasteiger partial charge in [-0.2, -0.15) is 4.98 Å². The van der Waals surface area contributed by atoms with Crippen LogP contribution >= 0.6 is 0 Å². The summed E-state index contributed by atoms with van der Waals surface area (Å²) in [6.45, 7) is 2.51. The van der Waals surface area contributed by atoms with E-state index in [1.54, 1.807) is 23.9 Å². The molecule has 33 heavy (non-hydrogen) atoms. The molecule has 3 aromatic carbocycles. The van der Waals surface area contributed by atoms with Crippen LogP contribution in [-0.2, 0) is 0 Å². The van der Waals surface area contributed by atoms with Crippen LogP contribution in [0.2, 0.25) is 0 Å². The van der Waals surface area contributed by atoms with E-state index in [1.807, 2.05) is 43.3 Å². The molecule has 4 aromatic rings. The number of rotatable bonds is 8. The molecule has 0 radical (unpaired) electrons. The highest BCUT2D eigenvalue weighted by Gasteiger charge is 2.16. The first-order valence-corrected chi connectivity index (χ1v) is 10.5. The van der Waals surface area contributed by atoms with Crippen molar-refractivity contribution >= 4 is 11.6 Å². The highest BCUT2D eigenvalue weighted by molar-refractivity contribution is 6.04. The van der Waals surface area contributed by atoms with Gasteiger partial charge < -0.3 is 14.8 Å². The summed E-state index contributed by atoms with van der Waals surface area (Å²) < 4.78 is 25.7. The Morgan fingerprint density at radius 1 is 1.06 bits per heavy atom. The number of carbonyl (C=O) groups is 1. The first-order valence-electron chi connectivity index (χ1n) is 10.5. The maximum Gasteiger partial charge on any atom is 0.336 e. The Morgan fingerprint density at radius 2 is 1.82 bits per heavy atom. The molecule has 0 aliphatic carbocycles. The van der Waals surface area contributed by atoms with Crippen LogP contribution in [0.1, 0.15) is 23.7 Å². The van der Waals surface area contributed by atoms with E-state index in [9.17, 15) is 9.18 Å². The van der Waals surface area contributed by atoms with Gasteiger partial charge in [-0.15, -0.1) is 5.10 Å². The average Bonchev–Trinajstić information content (AvgIpc) is 3.27. The van der Waals surface area contributed by atoms with Gasteiger partial charge in [0.25, 0.3) is 5.91 Å². The summed E-state index contributed by atoms with van der Waals surface area (Å²) in [6, 6.07) is 20.3. The molecule has 0 unspecified atom stereocenters. The number of halogens is 1. The minimum Gasteiger partial charge on any atom is -0.497 e. The topological polar surface area (TPSA) is 78.3 Å². The molecule has 1 heterocycles. The summed E-state index contributed by atoms with van der Waals surface area (Å²) in [5.74, 6) is 0.587. The predicted molar refractivity (Wildman–Crippen MR) is 123 cm³/mol. The highest BCUT2D eigenvalue weighted by atomic mass is 19.1. The Bertz CT molecular complexity index is 1240. The van der Waals surface area contributed by atoms with Gasteiger partial charge in [0, 0.05) is 16.8 Å². The smallest absolute Gasteiger partial charge is 0.336 e. The second-order valence-corrected chi connectivity index (χ2v) is 7.22. The summed E-state index contributed by atoms with van der Waals surface area (Å²) in [7, 11) is 1.61. The minimum absolute atomic E-state index is 0.267. The summed E-state index contributed by atoms with van der Waals surface area (Å²) >= 11 is 0. The van der Waals surface area contributed by atoms with Crippen molar-refractivity contribution in [2.75, 3.05) is 19.0 Å². The lowest BCUT2D eigenvalue weighted by atomic mass is 10.2. The zero-order chi connectivity index (χ0) is 23.2. The van der Waals surface area contributed by atoms with Crippen LogP contribution in [0.3, 0.4) is 0 Å². The fourth-order valence-corrected chi connectivity index (χ4v) is 3.17. The van der Waals surface area contributed by atoms with Crippen molar-refractivity contribution in [2.45, 2.75) is 13.3 Å². The van der Waals surface area contributed by atoms with Crippen LogP contribution in [-0.4, -0.2) is 34.4 Å². The van der Waals surface area contributed by atoms with Gasteiger partial charge in [0.1, 0.15) is 11.6 Å². The number of hydrogen-bond donors (Lipinski definition) is 1. The van der Waals surface area contributed by atoms with Gasteiger partial charge in [-0.1, -0.05) is 13.0 Å². The van der Waals surface area contributed by atoms with E-state index >= 15 is 0 Å². The molecule has 0 saturated heterocycles. The number of methoxy groups -OCH3 is 1. The lowest BCUT2D eigenvalue weighted by molar-refractivity contribution is 0.102. The molecule has 0 fully saturated rings. The van der Waals surface area contributed by atoms with Gasteiger partial charge in [0.15, 0.2) is 5.82 Å². The molecule has 1 amide bonds. The van der Waals surface area contributed by atoms with E-state index in [2.05, 4.69) is 15.4 Å². The third kappa shape index (κ3) is 5.17. The zero-order valence-electron chi connectivity index (χ0n) is 18.3. The van der Waals surface area contributed by atoms with Gasteiger partial charge in [-0.05, 0) is 73.2 Å². The summed E-state index contributed by atoms with van der Waals surface area (Å²) in [4.78, 5) is 17.1. The van der Waals surface area contributed by atoms with Crippen LogP contribution in [0.15, 0.2) is 72.8 Å². The molecule has 0 saturated carbocycles. The van der Waals surface area contributed by atoms with Crippen LogP contribution < -0.4 is 14.8 Å². The van der Waals surface area contributed by atoms with Gasteiger partial charge in [0.05, 0.1) is 19.4 Å².